The van der Waals surface area contributed by atoms with Crippen LogP contribution in [0.15, 0.2) is 24.3 Å². The Labute approximate surface area is 126 Å². The molecule has 3 heteroatoms. The highest BCUT2D eigenvalue weighted by molar-refractivity contribution is 6.21. The van der Waals surface area contributed by atoms with Crippen molar-refractivity contribution in [1.29, 1.82) is 0 Å². The van der Waals surface area contributed by atoms with Gasteiger partial charge in [0.1, 0.15) is 0 Å². The van der Waals surface area contributed by atoms with Crippen LogP contribution in [0.25, 0.3) is 0 Å². The monoisotopic (exact) mass is 293 g/mol. The van der Waals surface area contributed by atoms with Gasteiger partial charge in [-0.1, -0.05) is 45.2 Å². The first kappa shape index (κ1) is 15.4. The van der Waals surface area contributed by atoms with E-state index in [0.717, 1.165) is 24.8 Å². The van der Waals surface area contributed by atoms with Crippen molar-refractivity contribution in [3.05, 3.63) is 35.4 Å². The summed E-state index contributed by atoms with van der Waals surface area (Å²) >= 11 is 6.37. The first-order chi connectivity index (χ1) is 9.58. The molecule has 1 aliphatic carbocycles. The van der Waals surface area contributed by atoms with Gasteiger partial charge in [-0.3, -0.25) is 4.79 Å². The Hall–Kier alpha value is -1.02. The van der Waals surface area contributed by atoms with Gasteiger partial charge in [0.25, 0.3) is 5.91 Å². The van der Waals surface area contributed by atoms with Gasteiger partial charge in [-0.05, 0) is 36.5 Å². The fourth-order valence-electron chi connectivity index (χ4n) is 2.70. The third kappa shape index (κ3) is 3.99. The fraction of sp³-hybridized carbons (Fsp3) is 0.588. The minimum absolute atomic E-state index is 0.00199. The van der Waals surface area contributed by atoms with Gasteiger partial charge in [0, 0.05) is 11.6 Å². The molecule has 0 radical (unpaired) electrons. The average molecular weight is 294 g/mol. The second kappa shape index (κ2) is 7.12. The van der Waals surface area contributed by atoms with Crippen molar-refractivity contribution in [2.24, 2.45) is 0 Å². The third-order valence-corrected chi connectivity index (χ3v) is 4.61. The molecule has 1 amide bonds. The molecule has 1 aromatic carbocycles. The van der Waals surface area contributed by atoms with Gasteiger partial charge in [-0.2, -0.15) is 0 Å². The first-order valence-electron chi connectivity index (χ1n) is 7.63. The largest absolute Gasteiger partial charge is 0.348 e. The zero-order chi connectivity index (χ0) is 14.5. The van der Waals surface area contributed by atoms with Crippen LogP contribution in [0.2, 0.25) is 0 Å². The third-order valence-electron chi connectivity index (χ3n) is 4.09. The lowest BCUT2D eigenvalue weighted by molar-refractivity contribution is 0.0934. The van der Waals surface area contributed by atoms with Gasteiger partial charge in [0.05, 0.1) is 5.38 Å². The summed E-state index contributed by atoms with van der Waals surface area (Å²) in [4.78, 5) is 12.3. The maximum Gasteiger partial charge on any atom is 0.251 e. The van der Waals surface area contributed by atoms with Crippen molar-refractivity contribution in [1.82, 2.24) is 5.32 Å². The maximum atomic E-state index is 12.3. The molecule has 0 aliphatic heterocycles. The van der Waals surface area contributed by atoms with Crippen LogP contribution in [0.5, 0.6) is 0 Å². The number of alkyl halides is 1. The van der Waals surface area contributed by atoms with E-state index in [1.165, 1.54) is 18.4 Å². The van der Waals surface area contributed by atoms with Gasteiger partial charge < -0.3 is 5.32 Å². The highest BCUT2D eigenvalue weighted by Crippen LogP contribution is 2.23. The molecule has 1 aromatic rings. The van der Waals surface area contributed by atoms with Crippen LogP contribution in [-0.2, 0) is 0 Å². The summed E-state index contributed by atoms with van der Waals surface area (Å²) in [5, 5.41) is 3.17. The van der Waals surface area contributed by atoms with Crippen LogP contribution >= 0.6 is 11.6 Å². The molecule has 20 heavy (non-hydrogen) atoms. The summed E-state index contributed by atoms with van der Waals surface area (Å²) in [6.45, 7) is 4.30. The molecule has 2 unspecified atom stereocenters. The van der Waals surface area contributed by atoms with E-state index in [2.05, 4.69) is 19.2 Å². The van der Waals surface area contributed by atoms with Crippen molar-refractivity contribution in [2.45, 2.75) is 63.3 Å². The summed E-state index contributed by atoms with van der Waals surface area (Å²) in [6.07, 6.45) is 5.53. The van der Waals surface area contributed by atoms with E-state index < -0.39 is 0 Å². The average Bonchev–Trinajstić information content (AvgIpc) is 2.64. The summed E-state index contributed by atoms with van der Waals surface area (Å²) in [5.41, 5.74) is 1.98. The number of benzene rings is 1. The number of hydrogen-bond acceptors (Lipinski definition) is 1. The highest BCUT2D eigenvalue weighted by atomic mass is 35.5. The van der Waals surface area contributed by atoms with E-state index >= 15 is 0 Å². The zero-order valence-electron chi connectivity index (χ0n) is 12.4. The number of carbonyl (C=O) groups excluding carboxylic acids is 1. The van der Waals surface area contributed by atoms with E-state index in [1.807, 2.05) is 24.3 Å². The number of carbonyl (C=O) groups is 1. The van der Waals surface area contributed by atoms with Gasteiger partial charge in [0.2, 0.25) is 0 Å². The Morgan fingerprint density at radius 1 is 1.15 bits per heavy atom. The first-order valence-corrected chi connectivity index (χ1v) is 8.06. The normalized spacial score (nSPS) is 23.4. The second-order valence-corrected chi connectivity index (χ2v) is 6.57. The molecular weight excluding hydrogens is 270 g/mol. The summed E-state index contributed by atoms with van der Waals surface area (Å²) in [7, 11) is 0. The molecule has 1 aliphatic rings. The molecule has 0 heterocycles. The van der Waals surface area contributed by atoms with Crippen LogP contribution in [0.3, 0.4) is 0 Å². The second-order valence-electron chi connectivity index (χ2n) is 6.01. The maximum absolute atomic E-state index is 12.3. The van der Waals surface area contributed by atoms with Crippen LogP contribution in [0, 0.1) is 0 Å². The van der Waals surface area contributed by atoms with E-state index in [9.17, 15) is 4.79 Å². The number of hydrogen-bond donors (Lipinski definition) is 1. The topological polar surface area (TPSA) is 29.1 Å². The molecule has 0 bridgehead atoms. The van der Waals surface area contributed by atoms with E-state index in [0.29, 0.717) is 5.92 Å². The van der Waals surface area contributed by atoms with Crippen molar-refractivity contribution < 1.29 is 4.79 Å². The van der Waals surface area contributed by atoms with Gasteiger partial charge in [-0.25, -0.2) is 0 Å². The lowest BCUT2D eigenvalue weighted by atomic mass is 10.0. The molecule has 1 saturated carbocycles. The van der Waals surface area contributed by atoms with Crippen molar-refractivity contribution >= 4 is 17.5 Å². The van der Waals surface area contributed by atoms with Crippen LogP contribution in [-0.4, -0.2) is 17.3 Å². The standard InChI is InChI=1S/C17H24ClNO/c1-12(2)13-8-10-14(11-9-13)17(20)19-16-7-5-3-4-6-15(16)18/h8-12,15-16H,3-7H2,1-2H3,(H,19,20). The van der Waals surface area contributed by atoms with Crippen molar-refractivity contribution in [3.63, 3.8) is 0 Å². The van der Waals surface area contributed by atoms with Gasteiger partial charge >= 0.3 is 0 Å². The van der Waals surface area contributed by atoms with Crippen LogP contribution in [0.1, 0.15) is 67.8 Å². The molecule has 2 atom stereocenters. The molecule has 2 nitrogen and oxygen atoms in total. The minimum atomic E-state index is -0.00199. The molecule has 0 aromatic heterocycles. The number of rotatable bonds is 3. The Balaban J connectivity index is 1.99. The van der Waals surface area contributed by atoms with Crippen LogP contribution < -0.4 is 5.32 Å². The van der Waals surface area contributed by atoms with Gasteiger partial charge in [0.15, 0.2) is 0 Å². The number of nitrogens with one attached hydrogen (secondary N) is 1. The van der Waals surface area contributed by atoms with Crippen LogP contribution in [0.4, 0.5) is 0 Å². The smallest absolute Gasteiger partial charge is 0.251 e. The Morgan fingerprint density at radius 2 is 1.80 bits per heavy atom. The van der Waals surface area contributed by atoms with Gasteiger partial charge in [-0.15, -0.1) is 11.6 Å². The van der Waals surface area contributed by atoms with Crippen molar-refractivity contribution in [2.75, 3.05) is 0 Å². The number of halogens is 1. The Bertz CT molecular complexity index is 441. The molecule has 0 saturated heterocycles. The lowest BCUT2D eigenvalue weighted by Crippen LogP contribution is -2.40. The summed E-state index contributed by atoms with van der Waals surface area (Å²) in [5.74, 6) is 0.485. The van der Waals surface area contributed by atoms with E-state index in [-0.39, 0.29) is 17.3 Å². The molecule has 0 spiro atoms. The predicted octanol–water partition coefficient (Wildman–Crippen LogP) is 4.48. The molecular formula is C17H24ClNO. The molecule has 1 N–H and O–H groups in total. The molecule has 1 fully saturated rings. The lowest BCUT2D eigenvalue weighted by Gasteiger charge is -2.21. The fourth-order valence-corrected chi connectivity index (χ4v) is 3.04. The Kier molecular flexibility index (Phi) is 5.47. The highest BCUT2D eigenvalue weighted by Gasteiger charge is 2.23. The quantitative estimate of drug-likeness (QED) is 0.646. The summed E-state index contributed by atoms with van der Waals surface area (Å²) < 4.78 is 0. The minimum Gasteiger partial charge on any atom is -0.348 e. The van der Waals surface area contributed by atoms with E-state index in [1.54, 1.807) is 0 Å². The molecule has 110 valence electrons. The zero-order valence-corrected chi connectivity index (χ0v) is 13.1. The summed E-state index contributed by atoms with van der Waals surface area (Å²) in [6, 6.07) is 7.99. The SMILES string of the molecule is CC(C)c1ccc(C(=O)NC2CCCCCC2Cl)cc1. The Morgan fingerprint density at radius 3 is 2.45 bits per heavy atom. The van der Waals surface area contributed by atoms with E-state index in [4.69, 9.17) is 11.6 Å². The number of amides is 1. The van der Waals surface area contributed by atoms with Crippen molar-refractivity contribution in [3.8, 4) is 0 Å². The predicted molar refractivity (Wildman–Crippen MR) is 84.5 cm³/mol. The molecule has 2 rings (SSSR count).